The number of non-ortho nitro benzene ring substituents is 1. The summed E-state index contributed by atoms with van der Waals surface area (Å²) in [7, 11) is 2.50. The lowest BCUT2D eigenvalue weighted by Gasteiger charge is -2.29. The van der Waals surface area contributed by atoms with E-state index in [-0.39, 0.29) is 17.9 Å². The summed E-state index contributed by atoms with van der Waals surface area (Å²) in [6, 6.07) is 9.92. The Kier molecular flexibility index (Phi) is 8.55. The average molecular weight is 498 g/mol. The maximum atomic E-state index is 12.7. The van der Waals surface area contributed by atoms with Gasteiger partial charge >= 0.3 is 5.97 Å². The van der Waals surface area contributed by atoms with Gasteiger partial charge in [-0.2, -0.15) is 0 Å². The van der Waals surface area contributed by atoms with Gasteiger partial charge < -0.3 is 25.4 Å². The molecule has 1 aliphatic rings. The summed E-state index contributed by atoms with van der Waals surface area (Å²) in [6.45, 7) is 0. The van der Waals surface area contributed by atoms with Gasteiger partial charge in [0, 0.05) is 30.5 Å². The third-order valence-corrected chi connectivity index (χ3v) is 5.66. The number of hydrogen-bond acceptors (Lipinski definition) is 8. The van der Waals surface area contributed by atoms with Crippen LogP contribution in [0.5, 0.6) is 5.75 Å². The van der Waals surface area contributed by atoms with Crippen LogP contribution in [0.2, 0.25) is 0 Å². The maximum absolute atomic E-state index is 12.7. The van der Waals surface area contributed by atoms with Crippen LogP contribution in [0.15, 0.2) is 48.5 Å². The number of carbonyl (C=O) groups is 4. The van der Waals surface area contributed by atoms with Crippen molar-refractivity contribution in [1.82, 2.24) is 16.0 Å². The predicted octanol–water partition coefficient (Wildman–Crippen LogP) is 0.420. The number of amides is 3. The molecule has 12 heteroatoms. The number of methoxy groups -OCH3 is 2. The second-order valence-electron chi connectivity index (χ2n) is 8.12. The lowest BCUT2D eigenvalue weighted by atomic mass is 10.0. The van der Waals surface area contributed by atoms with Crippen LogP contribution in [0.25, 0.3) is 0 Å². The molecule has 1 fully saturated rings. The summed E-state index contributed by atoms with van der Waals surface area (Å²) in [6.07, 6.45) is -0.284. The molecular weight excluding hydrogens is 472 g/mol. The van der Waals surface area contributed by atoms with Crippen LogP contribution in [-0.2, 0) is 36.8 Å². The molecule has 0 aromatic heterocycles. The van der Waals surface area contributed by atoms with Crippen molar-refractivity contribution in [2.24, 2.45) is 0 Å². The van der Waals surface area contributed by atoms with E-state index >= 15 is 0 Å². The van der Waals surface area contributed by atoms with Crippen molar-refractivity contribution in [1.29, 1.82) is 0 Å². The van der Waals surface area contributed by atoms with E-state index in [9.17, 15) is 29.3 Å². The molecule has 1 heterocycles. The first-order valence-corrected chi connectivity index (χ1v) is 11.0. The van der Waals surface area contributed by atoms with Crippen molar-refractivity contribution >= 4 is 29.4 Å². The van der Waals surface area contributed by atoms with Gasteiger partial charge in [0.25, 0.3) is 5.69 Å². The number of rotatable bonds is 10. The molecule has 2 aromatic rings. The Balaban J connectivity index is 1.65. The van der Waals surface area contributed by atoms with Gasteiger partial charge in [0.1, 0.15) is 23.9 Å². The molecule has 3 atom stereocenters. The van der Waals surface area contributed by atoms with E-state index in [2.05, 4.69) is 16.0 Å². The minimum atomic E-state index is -1.22. The summed E-state index contributed by atoms with van der Waals surface area (Å²) >= 11 is 0. The number of nitro benzene ring substituents is 1. The monoisotopic (exact) mass is 498 g/mol. The molecule has 12 nitrogen and oxygen atoms in total. The molecule has 1 saturated heterocycles. The molecule has 190 valence electrons. The highest BCUT2D eigenvalue weighted by Crippen LogP contribution is 2.25. The summed E-state index contributed by atoms with van der Waals surface area (Å²) in [5, 5.41) is 18.8. The third-order valence-electron chi connectivity index (χ3n) is 5.66. The van der Waals surface area contributed by atoms with Gasteiger partial charge in [-0.25, -0.2) is 4.79 Å². The maximum Gasteiger partial charge on any atom is 0.328 e. The Hall–Kier alpha value is -4.48. The molecular formula is C24H26N4O8. The predicted molar refractivity (Wildman–Crippen MR) is 126 cm³/mol. The summed E-state index contributed by atoms with van der Waals surface area (Å²) in [4.78, 5) is 60.6. The topological polar surface area (TPSA) is 166 Å². The van der Waals surface area contributed by atoms with Gasteiger partial charge in [0.05, 0.1) is 25.6 Å². The SMILES string of the molecule is COC(=O)[C@@H](Cc1cc([N+](=O)[O-])ccc1OC)NC(=O)C[C@@H]1NC(=O)[C@H](Cc2ccccc2)NC1=O. The van der Waals surface area contributed by atoms with Crippen molar-refractivity contribution in [2.75, 3.05) is 14.2 Å². The molecule has 0 radical (unpaired) electrons. The third kappa shape index (κ3) is 6.56. The number of ether oxygens (including phenoxy) is 2. The van der Waals surface area contributed by atoms with E-state index < -0.39 is 53.2 Å². The second-order valence-corrected chi connectivity index (χ2v) is 8.12. The fourth-order valence-electron chi connectivity index (χ4n) is 3.85. The van der Waals surface area contributed by atoms with Gasteiger partial charge in [-0.15, -0.1) is 0 Å². The molecule has 0 aliphatic carbocycles. The molecule has 0 bridgehead atoms. The lowest BCUT2D eigenvalue weighted by molar-refractivity contribution is -0.384. The van der Waals surface area contributed by atoms with E-state index in [1.54, 1.807) is 0 Å². The molecule has 2 aromatic carbocycles. The Labute approximate surface area is 206 Å². The highest BCUT2D eigenvalue weighted by Gasteiger charge is 2.35. The van der Waals surface area contributed by atoms with Crippen molar-refractivity contribution in [3.8, 4) is 5.75 Å². The number of piperazine rings is 1. The minimum absolute atomic E-state index is 0.161. The first-order valence-electron chi connectivity index (χ1n) is 11.0. The zero-order valence-corrected chi connectivity index (χ0v) is 19.7. The number of benzene rings is 2. The van der Waals surface area contributed by atoms with Crippen LogP contribution in [0.3, 0.4) is 0 Å². The summed E-state index contributed by atoms with van der Waals surface area (Å²) < 4.78 is 9.97. The van der Waals surface area contributed by atoms with E-state index in [4.69, 9.17) is 9.47 Å². The van der Waals surface area contributed by atoms with Crippen LogP contribution in [-0.4, -0.2) is 61.0 Å². The van der Waals surface area contributed by atoms with Gasteiger partial charge in [0.2, 0.25) is 17.7 Å². The van der Waals surface area contributed by atoms with Crippen molar-refractivity contribution < 1.29 is 33.6 Å². The first-order chi connectivity index (χ1) is 17.2. The lowest BCUT2D eigenvalue weighted by Crippen LogP contribution is -2.63. The zero-order chi connectivity index (χ0) is 26.2. The van der Waals surface area contributed by atoms with E-state index in [1.807, 2.05) is 30.3 Å². The molecule has 0 spiro atoms. The van der Waals surface area contributed by atoms with Crippen LogP contribution >= 0.6 is 0 Å². The number of carbonyl (C=O) groups excluding carboxylic acids is 4. The number of nitro groups is 1. The van der Waals surface area contributed by atoms with Crippen LogP contribution < -0.4 is 20.7 Å². The molecule has 36 heavy (non-hydrogen) atoms. The molecule has 3 rings (SSSR count). The summed E-state index contributed by atoms with van der Waals surface area (Å²) in [5.74, 6) is -2.16. The fourth-order valence-corrected chi connectivity index (χ4v) is 3.85. The average Bonchev–Trinajstić information content (AvgIpc) is 2.86. The van der Waals surface area contributed by atoms with Crippen LogP contribution in [0, 0.1) is 10.1 Å². The molecule has 0 saturated carbocycles. The van der Waals surface area contributed by atoms with E-state index in [0.717, 1.165) is 12.7 Å². The summed E-state index contributed by atoms with van der Waals surface area (Å²) in [5.41, 5.74) is 0.953. The smallest absolute Gasteiger partial charge is 0.328 e. The number of hydrogen-bond donors (Lipinski definition) is 3. The quantitative estimate of drug-likeness (QED) is 0.241. The normalized spacial score (nSPS) is 17.8. The molecule has 3 amide bonds. The molecule has 1 aliphatic heterocycles. The minimum Gasteiger partial charge on any atom is -0.496 e. The standard InChI is InChI=1S/C24H26N4O8/c1-35-20-9-8-16(28(33)34)11-15(20)12-19(24(32)36-2)25-21(29)13-18-23(31)26-17(22(30)27-18)10-14-6-4-3-5-7-14/h3-9,11,17-19H,10,12-13H2,1-2H3,(H,25,29)(H,26,31)(H,27,30)/t17-,18-,19+/m0/s1. The molecule has 0 unspecified atom stereocenters. The van der Waals surface area contributed by atoms with Crippen molar-refractivity contribution in [3.63, 3.8) is 0 Å². The van der Waals surface area contributed by atoms with Crippen molar-refractivity contribution in [3.05, 3.63) is 69.8 Å². The van der Waals surface area contributed by atoms with Crippen LogP contribution in [0.1, 0.15) is 17.5 Å². The van der Waals surface area contributed by atoms with Crippen molar-refractivity contribution in [2.45, 2.75) is 37.4 Å². The van der Waals surface area contributed by atoms with Crippen LogP contribution in [0.4, 0.5) is 5.69 Å². The fraction of sp³-hybridized carbons (Fsp3) is 0.333. The van der Waals surface area contributed by atoms with Gasteiger partial charge in [-0.3, -0.25) is 24.5 Å². The highest BCUT2D eigenvalue weighted by atomic mass is 16.6. The zero-order valence-electron chi connectivity index (χ0n) is 19.7. The number of esters is 1. The van der Waals surface area contributed by atoms with Gasteiger partial charge in [-0.05, 0) is 11.6 Å². The second kappa shape index (κ2) is 11.8. The van der Waals surface area contributed by atoms with Gasteiger partial charge in [-0.1, -0.05) is 30.3 Å². The Morgan fingerprint density at radius 2 is 1.72 bits per heavy atom. The van der Waals surface area contributed by atoms with E-state index in [1.165, 1.54) is 25.3 Å². The highest BCUT2D eigenvalue weighted by molar-refractivity contribution is 5.99. The first kappa shape index (κ1) is 26.1. The molecule has 3 N–H and O–H groups in total. The number of nitrogens with zero attached hydrogens (tertiary/aromatic N) is 1. The largest absolute Gasteiger partial charge is 0.496 e. The number of nitrogens with one attached hydrogen (secondary N) is 3. The Bertz CT molecular complexity index is 1150. The Morgan fingerprint density at radius 1 is 1.06 bits per heavy atom. The van der Waals surface area contributed by atoms with Gasteiger partial charge in [0.15, 0.2) is 0 Å². The van der Waals surface area contributed by atoms with E-state index in [0.29, 0.717) is 12.0 Å². The Morgan fingerprint density at radius 3 is 2.36 bits per heavy atom.